The summed E-state index contributed by atoms with van der Waals surface area (Å²) in [5.74, 6) is 0.449. The molecule has 0 aromatic carbocycles. The van der Waals surface area contributed by atoms with Gasteiger partial charge in [-0.05, 0) is 12.3 Å². The van der Waals surface area contributed by atoms with Gasteiger partial charge in [0, 0.05) is 11.9 Å². The lowest BCUT2D eigenvalue weighted by molar-refractivity contribution is 0.832. The molecule has 0 bridgehead atoms. The van der Waals surface area contributed by atoms with Gasteiger partial charge in [-0.3, -0.25) is 0 Å². The molecule has 98 valence electrons. The molecule has 0 fully saturated rings. The van der Waals surface area contributed by atoms with Crippen LogP contribution in [-0.2, 0) is 0 Å². The van der Waals surface area contributed by atoms with Crippen molar-refractivity contribution in [1.29, 1.82) is 0 Å². The van der Waals surface area contributed by atoms with Crippen LogP contribution in [0, 0.1) is 0 Å². The Morgan fingerprint density at radius 1 is 1.33 bits per heavy atom. The van der Waals surface area contributed by atoms with Crippen LogP contribution in [0.3, 0.4) is 0 Å². The number of hydrogen-bond donors (Lipinski definition) is 1. The van der Waals surface area contributed by atoms with Crippen molar-refractivity contribution in [3.63, 3.8) is 0 Å². The molecular formula is C13H19N3S2. The summed E-state index contributed by atoms with van der Waals surface area (Å²) in [6.07, 6.45) is 2.39. The smallest absolute Gasteiger partial charge is 0.183 e. The molecule has 2 heterocycles. The fourth-order valence-corrected chi connectivity index (χ4v) is 3.40. The maximum Gasteiger partial charge on any atom is 0.183 e. The SMILES string of the molecule is CCCCNc1nc(-c2scnc2C(C)C)cs1. The highest BCUT2D eigenvalue weighted by molar-refractivity contribution is 7.15. The van der Waals surface area contributed by atoms with Gasteiger partial charge in [-0.25, -0.2) is 9.97 Å². The first-order valence-corrected chi connectivity index (χ1v) is 8.11. The Morgan fingerprint density at radius 3 is 2.89 bits per heavy atom. The van der Waals surface area contributed by atoms with E-state index in [0.29, 0.717) is 5.92 Å². The Hall–Kier alpha value is -0.940. The third kappa shape index (κ3) is 3.09. The third-order valence-corrected chi connectivity index (χ3v) is 4.35. The van der Waals surface area contributed by atoms with E-state index in [1.54, 1.807) is 22.7 Å². The van der Waals surface area contributed by atoms with Gasteiger partial charge in [0.1, 0.15) is 0 Å². The summed E-state index contributed by atoms with van der Waals surface area (Å²) in [6, 6.07) is 0. The predicted octanol–water partition coefficient (Wildman–Crippen LogP) is 4.60. The molecular weight excluding hydrogens is 262 g/mol. The number of hydrogen-bond acceptors (Lipinski definition) is 5. The van der Waals surface area contributed by atoms with E-state index in [4.69, 9.17) is 0 Å². The Balaban J connectivity index is 2.11. The molecule has 2 aromatic heterocycles. The summed E-state index contributed by atoms with van der Waals surface area (Å²) in [7, 11) is 0. The Labute approximate surface area is 116 Å². The Morgan fingerprint density at radius 2 is 2.17 bits per heavy atom. The van der Waals surface area contributed by atoms with Crippen LogP contribution in [-0.4, -0.2) is 16.5 Å². The molecule has 0 unspecified atom stereocenters. The number of unbranched alkanes of at least 4 members (excludes halogenated alkanes) is 1. The summed E-state index contributed by atoms with van der Waals surface area (Å²) in [5, 5.41) is 6.50. The fraction of sp³-hybridized carbons (Fsp3) is 0.538. The van der Waals surface area contributed by atoms with Crippen molar-refractivity contribution in [2.75, 3.05) is 11.9 Å². The van der Waals surface area contributed by atoms with E-state index in [-0.39, 0.29) is 0 Å². The minimum atomic E-state index is 0.449. The second-order valence-electron chi connectivity index (χ2n) is 4.54. The molecule has 0 aliphatic carbocycles. The molecule has 0 atom stereocenters. The molecule has 5 heteroatoms. The first-order valence-electron chi connectivity index (χ1n) is 6.35. The maximum atomic E-state index is 4.65. The minimum Gasteiger partial charge on any atom is -0.362 e. The zero-order valence-corrected chi connectivity index (χ0v) is 12.7. The van der Waals surface area contributed by atoms with Crippen molar-refractivity contribution in [2.24, 2.45) is 0 Å². The molecule has 18 heavy (non-hydrogen) atoms. The lowest BCUT2D eigenvalue weighted by atomic mass is 10.1. The summed E-state index contributed by atoms with van der Waals surface area (Å²) >= 11 is 3.35. The van der Waals surface area contributed by atoms with Gasteiger partial charge in [-0.2, -0.15) is 0 Å². The monoisotopic (exact) mass is 281 g/mol. The third-order valence-electron chi connectivity index (χ3n) is 2.69. The van der Waals surface area contributed by atoms with Crippen molar-refractivity contribution in [2.45, 2.75) is 39.5 Å². The number of aromatic nitrogens is 2. The second kappa shape index (κ2) is 6.29. The average molecular weight is 281 g/mol. The van der Waals surface area contributed by atoms with Crippen molar-refractivity contribution < 1.29 is 0 Å². The molecule has 0 radical (unpaired) electrons. The van der Waals surface area contributed by atoms with Gasteiger partial charge in [-0.1, -0.05) is 27.2 Å². The number of rotatable bonds is 6. The topological polar surface area (TPSA) is 37.8 Å². The van der Waals surface area contributed by atoms with Crippen molar-refractivity contribution in [3.8, 4) is 10.6 Å². The minimum absolute atomic E-state index is 0.449. The van der Waals surface area contributed by atoms with Crippen molar-refractivity contribution >= 4 is 27.8 Å². The zero-order valence-electron chi connectivity index (χ0n) is 11.1. The standard InChI is InChI=1S/C13H19N3S2/c1-4-5-6-14-13-16-10(7-17-13)12-11(9(2)3)15-8-18-12/h7-9H,4-6H2,1-3H3,(H,14,16). The highest BCUT2D eigenvalue weighted by atomic mass is 32.1. The lowest BCUT2D eigenvalue weighted by Gasteiger charge is -2.02. The van der Waals surface area contributed by atoms with E-state index in [9.17, 15) is 0 Å². The molecule has 0 amide bonds. The predicted molar refractivity (Wildman–Crippen MR) is 80.7 cm³/mol. The number of nitrogens with zero attached hydrogens (tertiary/aromatic N) is 2. The molecule has 0 saturated carbocycles. The molecule has 2 aromatic rings. The van der Waals surface area contributed by atoms with Crippen LogP contribution < -0.4 is 5.32 Å². The van der Waals surface area contributed by atoms with Gasteiger partial charge >= 0.3 is 0 Å². The first kappa shape index (κ1) is 13.5. The number of thiazole rings is 2. The van der Waals surface area contributed by atoms with Crippen LogP contribution in [0.2, 0.25) is 0 Å². The number of anilines is 1. The molecule has 1 N–H and O–H groups in total. The quantitative estimate of drug-likeness (QED) is 0.786. The largest absolute Gasteiger partial charge is 0.362 e. The highest BCUT2D eigenvalue weighted by Crippen LogP contribution is 2.33. The molecule has 3 nitrogen and oxygen atoms in total. The van der Waals surface area contributed by atoms with Gasteiger partial charge in [0.05, 0.1) is 21.8 Å². The average Bonchev–Trinajstić information content (AvgIpc) is 2.96. The highest BCUT2D eigenvalue weighted by Gasteiger charge is 2.14. The van der Waals surface area contributed by atoms with Crippen LogP contribution in [0.5, 0.6) is 0 Å². The van der Waals surface area contributed by atoms with Crippen LogP contribution in [0.25, 0.3) is 10.6 Å². The summed E-state index contributed by atoms with van der Waals surface area (Å²) in [5.41, 5.74) is 4.13. The summed E-state index contributed by atoms with van der Waals surface area (Å²) < 4.78 is 0. The van der Waals surface area contributed by atoms with E-state index in [0.717, 1.165) is 23.1 Å². The summed E-state index contributed by atoms with van der Waals surface area (Å²) in [4.78, 5) is 10.3. The van der Waals surface area contributed by atoms with Crippen molar-refractivity contribution in [1.82, 2.24) is 9.97 Å². The molecule has 0 spiro atoms. The van der Waals surface area contributed by atoms with Gasteiger partial charge in [0.15, 0.2) is 5.13 Å². The number of nitrogens with one attached hydrogen (secondary N) is 1. The lowest BCUT2D eigenvalue weighted by Crippen LogP contribution is -2.00. The van der Waals surface area contributed by atoms with Crippen molar-refractivity contribution in [3.05, 3.63) is 16.6 Å². The normalized spacial score (nSPS) is 11.1. The van der Waals surface area contributed by atoms with Gasteiger partial charge < -0.3 is 5.32 Å². The molecule has 2 rings (SSSR count). The fourth-order valence-electron chi connectivity index (χ4n) is 1.69. The van der Waals surface area contributed by atoms with Crippen LogP contribution in [0.4, 0.5) is 5.13 Å². The van der Waals surface area contributed by atoms with Gasteiger partial charge in [-0.15, -0.1) is 22.7 Å². The molecule has 0 saturated heterocycles. The van der Waals surface area contributed by atoms with Crippen LogP contribution in [0.15, 0.2) is 10.9 Å². The first-order chi connectivity index (χ1) is 8.72. The van der Waals surface area contributed by atoms with E-state index in [2.05, 4.69) is 41.4 Å². The van der Waals surface area contributed by atoms with Gasteiger partial charge in [0.2, 0.25) is 0 Å². The van der Waals surface area contributed by atoms with E-state index < -0.39 is 0 Å². The zero-order chi connectivity index (χ0) is 13.0. The summed E-state index contributed by atoms with van der Waals surface area (Å²) in [6.45, 7) is 7.54. The maximum absolute atomic E-state index is 4.65. The Kier molecular flexibility index (Phi) is 4.72. The Bertz CT molecular complexity index is 488. The van der Waals surface area contributed by atoms with E-state index >= 15 is 0 Å². The molecule has 0 aliphatic rings. The van der Waals surface area contributed by atoms with Gasteiger partial charge in [0.25, 0.3) is 0 Å². The van der Waals surface area contributed by atoms with E-state index in [1.165, 1.54) is 17.7 Å². The van der Waals surface area contributed by atoms with Crippen LogP contribution in [0.1, 0.15) is 45.2 Å². The second-order valence-corrected chi connectivity index (χ2v) is 6.25. The molecule has 0 aliphatic heterocycles. The van der Waals surface area contributed by atoms with Crippen LogP contribution >= 0.6 is 22.7 Å². The van der Waals surface area contributed by atoms with E-state index in [1.807, 2.05) is 5.51 Å².